The van der Waals surface area contributed by atoms with Crippen molar-refractivity contribution in [2.24, 2.45) is 0 Å². The van der Waals surface area contributed by atoms with E-state index in [-0.39, 0.29) is 0 Å². The molecule has 0 spiro atoms. The number of rotatable bonds is 7. The molecule has 0 aromatic rings. The van der Waals surface area contributed by atoms with Gasteiger partial charge in [0.25, 0.3) is 0 Å². The molecule has 0 fully saturated rings. The monoisotopic (exact) mass is 342 g/mol. The zero-order valence-electron chi connectivity index (χ0n) is 10.0. The molecule has 2 nitrogen and oxygen atoms in total. The van der Waals surface area contributed by atoms with E-state index in [2.05, 4.69) is 38.0 Å². The number of hydrogen-bond acceptors (Lipinski definition) is 4. The van der Waals surface area contributed by atoms with Crippen LogP contribution < -0.4 is 0 Å². The summed E-state index contributed by atoms with van der Waals surface area (Å²) in [6.07, 6.45) is 0. The molecular formula is C8H20Cl2N2S2Zn. The fourth-order valence-electron chi connectivity index (χ4n) is 0.558. The summed E-state index contributed by atoms with van der Waals surface area (Å²) in [5.41, 5.74) is 0. The Morgan fingerprint density at radius 1 is 0.867 bits per heavy atom. The molecule has 0 aromatic heterocycles. The molecule has 0 saturated carbocycles. The third-order valence-corrected chi connectivity index (χ3v) is 3.69. The second-order valence-electron chi connectivity index (χ2n) is 3.35. The summed E-state index contributed by atoms with van der Waals surface area (Å²) < 4.78 is 0. The fraction of sp³-hybridized carbons (Fsp3) is 1.00. The molecule has 0 aromatic carbocycles. The summed E-state index contributed by atoms with van der Waals surface area (Å²) >= 11 is -0.931. The van der Waals surface area contributed by atoms with Gasteiger partial charge in [-0.05, 0) is 28.2 Å². The van der Waals surface area contributed by atoms with Crippen molar-refractivity contribution in [2.75, 3.05) is 52.8 Å². The van der Waals surface area contributed by atoms with Gasteiger partial charge in [0.05, 0.1) is 0 Å². The van der Waals surface area contributed by atoms with Crippen LogP contribution in [0, 0.1) is 0 Å². The SMILES string of the molecule is CN(C)CCSSCCN(C)C.[Cl][Zn][Cl]. The Balaban J connectivity index is 0. The van der Waals surface area contributed by atoms with Crippen LogP contribution in [0.3, 0.4) is 0 Å². The average Bonchev–Trinajstić information content (AvgIpc) is 2.11. The van der Waals surface area contributed by atoms with Gasteiger partial charge in [0.15, 0.2) is 0 Å². The third-order valence-electron chi connectivity index (χ3n) is 1.33. The fourth-order valence-corrected chi connectivity index (χ4v) is 2.83. The van der Waals surface area contributed by atoms with E-state index in [4.69, 9.17) is 19.4 Å². The standard InChI is InChI=1S/C8H20N2S2.2ClH.Zn/c1-9(2)5-7-11-12-8-6-10(3)4;;;/h5-8H2,1-4H3;2*1H;/q;;;+2/p-2. The van der Waals surface area contributed by atoms with E-state index >= 15 is 0 Å². The first kappa shape index (κ1) is 19.2. The Morgan fingerprint density at radius 2 is 1.13 bits per heavy atom. The quantitative estimate of drug-likeness (QED) is 0.398. The summed E-state index contributed by atoms with van der Waals surface area (Å²) in [6, 6.07) is 0. The van der Waals surface area contributed by atoms with Gasteiger partial charge in [-0.25, -0.2) is 0 Å². The van der Waals surface area contributed by atoms with E-state index in [1.54, 1.807) is 0 Å². The van der Waals surface area contributed by atoms with Gasteiger partial charge in [0, 0.05) is 24.6 Å². The molecule has 0 N–H and O–H groups in total. The van der Waals surface area contributed by atoms with Crippen molar-refractivity contribution in [2.45, 2.75) is 0 Å². The molecule has 0 rings (SSSR count). The van der Waals surface area contributed by atoms with Gasteiger partial charge in [-0.15, -0.1) is 0 Å². The Bertz CT molecular complexity index is 109. The minimum atomic E-state index is -0.931. The molecular weight excluding hydrogens is 325 g/mol. The molecule has 90 valence electrons. The van der Waals surface area contributed by atoms with Gasteiger partial charge < -0.3 is 9.80 Å². The predicted octanol–water partition coefficient (Wildman–Crippen LogP) is 2.87. The predicted molar refractivity (Wildman–Crippen MR) is 73.7 cm³/mol. The normalized spacial score (nSPS) is 9.87. The van der Waals surface area contributed by atoms with Gasteiger partial charge >= 0.3 is 34.5 Å². The van der Waals surface area contributed by atoms with Crippen LogP contribution in [0.4, 0.5) is 0 Å². The molecule has 0 heterocycles. The summed E-state index contributed by atoms with van der Waals surface area (Å²) in [5, 5.41) is 0. The molecule has 0 aliphatic rings. The molecule has 0 saturated heterocycles. The van der Waals surface area contributed by atoms with Gasteiger partial charge in [-0.2, -0.15) is 0 Å². The van der Waals surface area contributed by atoms with Gasteiger partial charge in [-0.3, -0.25) is 0 Å². The molecule has 15 heavy (non-hydrogen) atoms. The van der Waals surface area contributed by atoms with Crippen LogP contribution >= 0.6 is 41.0 Å². The van der Waals surface area contributed by atoms with Crippen LogP contribution in [0.25, 0.3) is 0 Å². The van der Waals surface area contributed by atoms with Crippen molar-refractivity contribution < 1.29 is 15.1 Å². The van der Waals surface area contributed by atoms with E-state index in [9.17, 15) is 0 Å². The Hall–Kier alpha value is 1.82. The molecule has 0 amide bonds. The van der Waals surface area contributed by atoms with E-state index < -0.39 is 15.1 Å². The first-order valence-electron chi connectivity index (χ1n) is 4.70. The van der Waals surface area contributed by atoms with Crippen LogP contribution in [0.2, 0.25) is 0 Å². The van der Waals surface area contributed by atoms with Crippen LogP contribution in [-0.4, -0.2) is 62.6 Å². The maximum atomic E-state index is 4.95. The topological polar surface area (TPSA) is 6.48 Å². The first-order valence-corrected chi connectivity index (χ1v) is 15.0. The molecule has 0 bridgehead atoms. The zero-order chi connectivity index (χ0) is 12.1. The van der Waals surface area contributed by atoms with Crippen molar-refractivity contribution >= 4 is 41.0 Å². The Labute approximate surface area is 118 Å². The molecule has 0 aliphatic heterocycles. The van der Waals surface area contributed by atoms with E-state index in [1.165, 1.54) is 24.6 Å². The van der Waals surface area contributed by atoms with Gasteiger partial charge in [0.2, 0.25) is 0 Å². The third kappa shape index (κ3) is 25.8. The molecule has 0 radical (unpaired) electrons. The van der Waals surface area contributed by atoms with Gasteiger partial charge in [-0.1, -0.05) is 21.6 Å². The minimum absolute atomic E-state index is 0.931. The summed E-state index contributed by atoms with van der Waals surface area (Å²) in [7, 11) is 22.3. The summed E-state index contributed by atoms with van der Waals surface area (Å²) in [5.74, 6) is 2.45. The van der Waals surface area contributed by atoms with Crippen molar-refractivity contribution in [1.82, 2.24) is 9.80 Å². The van der Waals surface area contributed by atoms with Crippen LogP contribution in [-0.2, 0) is 15.1 Å². The number of nitrogens with zero attached hydrogens (tertiary/aromatic N) is 2. The van der Waals surface area contributed by atoms with Crippen molar-refractivity contribution in [3.8, 4) is 0 Å². The zero-order valence-corrected chi connectivity index (χ0v) is 16.1. The molecule has 0 atom stereocenters. The Kier molecular flexibility index (Phi) is 20.2. The Morgan fingerprint density at radius 3 is 1.33 bits per heavy atom. The second-order valence-corrected chi connectivity index (χ2v) is 10.7. The number of halogens is 2. The van der Waals surface area contributed by atoms with E-state index in [0.717, 1.165) is 0 Å². The number of hydrogen-bond donors (Lipinski definition) is 0. The van der Waals surface area contributed by atoms with E-state index in [1.807, 2.05) is 21.6 Å². The molecule has 0 aliphatic carbocycles. The maximum absolute atomic E-state index is 4.95. The summed E-state index contributed by atoms with van der Waals surface area (Å²) in [4.78, 5) is 4.44. The van der Waals surface area contributed by atoms with Crippen LogP contribution in [0.5, 0.6) is 0 Å². The second kappa shape index (κ2) is 15.8. The average molecular weight is 345 g/mol. The van der Waals surface area contributed by atoms with Crippen LogP contribution in [0.15, 0.2) is 0 Å². The van der Waals surface area contributed by atoms with Crippen molar-refractivity contribution in [1.29, 1.82) is 0 Å². The van der Waals surface area contributed by atoms with Crippen LogP contribution in [0.1, 0.15) is 0 Å². The molecule has 0 unspecified atom stereocenters. The summed E-state index contributed by atoms with van der Waals surface area (Å²) in [6.45, 7) is 2.36. The first-order chi connectivity index (χ1) is 7.04. The molecule has 7 heteroatoms. The van der Waals surface area contributed by atoms with E-state index in [0.29, 0.717) is 0 Å². The van der Waals surface area contributed by atoms with Crippen molar-refractivity contribution in [3.05, 3.63) is 0 Å². The van der Waals surface area contributed by atoms with Gasteiger partial charge in [0.1, 0.15) is 0 Å². The van der Waals surface area contributed by atoms with Crippen molar-refractivity contribution in [3.63, 3.8) is 0 Å².